The van der Waals surface area contributed by atoms with Crippen molar-refractivity contribution in [2.75, 3.05) is 19.6 Å². The van der Waals surface area contributed by atoms with Crippen molar-refractivity contribution < 1.29 is 4.39 Å². The summed E-state index contributed by atoms with van der Waals surface area (Å²) in [5, 5.41) is 0. The topological polar surface area (TPSA) is 29.3 Å². The van der Waals surface area contributed by atoms with Gasteiger partial charge in [-0.1, -0.05) is 32.4 Å². The van der Waals surface area contributed by atoms with Crippen LogP contribution < -0.4 is 5.73 Å². The minimum Gasteiger partial charge on any atom is -0.324 e. The summed E-state index contributed by atoms with van der Waals surface area (Å²) in [4.78, 5) is 2.50. The third-order valence-electron chi connectivity index (χ3n) is 5.30. The number of nitrogens with zero attached hydrogens (tertiary/aromatic N) is 1. The SMILES string of the molecule is CCC1(C)CCN(CCC(N)c2ccc(C)c(F)c2)CC1. The molecule has 3 heteroatoms. The molecule has 0 radical (unpaired) electrons. The Hall–Kier alpha value is -0.930. The van der Waals surface area contributed by atoms with Gasteiger partial charge in [0.1, 0.15) is 5.82 Å². The van der Waals surface area contributed by atoms with Crippen LogP contribution in [0.2, 0.25) is 0 Å². The third kappa shape index (κ3) is 4.27. The van der Waals surface area contributed by atoms with Gasteiger partial charge in [0.15, 0.2) is 0 Å². The van der Waals surface area contributed by atoms with Crippen molar-refractivity contribution in [1.82, 2.24) is 4.90 Å². The standard InChI is InChI=1S/C18H29FN2/c1-4-18(3)8-11-21(12-9-18)10-7-17(20)15-6-5-14(2)16(19)13-15/h5-6,13,17H,4,7-12,20H2,1-3H3. The molecule has 0 spiro atoms. The fourth-order valence-corrected chi connectivity index (χ4v) is 3.00. The van der Waals surface area contributed by atoms with E-state index in [0.717, 1.165) is 18.5 Å². The van der Waals surface area contributed by atoms with Crippen molar-refractivity contribution in [2.24, 2.45) is 11.1 Å². The summed E-state index contributed by atoms with van der Waals surface area (Å²) in [7, 11) is 0. The van der Waals surface area contributed by atoms with Gasteiger partial charge in [-0.2, -0.15) is 0 Å². The maximum atomic E-state index is 13.6. The Morgan fingerprint density at radius 3 is 2.57 bits per heavy atom. The molecule has 1 aromatic carbocycles. The van der Waals surface area contributed by atoms with Gasteiger partial charge in [0.25, 0.3) is 0 Å². The van der Waals surface area contributed by atoms with E-state index in [4.69, 9.17) is 5.73 Å². The first-order valence-electron chi connectivity index (χ1n) is 8.17. The van der Waals surface area contributed by atoms with Gasteiger partial charge < -0.3 is 10.6 Å². The van der Waals surface area contributed by atoms with Gasteiger partial charge in [-0.3, -0.25) is 0 Å². The van der Waals surface area contributed by atoms with Crippen LogP contribution in [0.1, 0.15) is 56.7 Å². The van der Waals surface area contributed by atoms with E-state index >= 15 is 0 Å². The first kappa shape index (κ1) is 16.4. The zero-order chi connectivity index (χ0) is 15.5. The Balaban J connectivity index is 1.82. The summed E-state index contributed by atoms with van der Waals surface area (Å²) < 4.78 is 13.6. The van der Waals surface area contributed by atoms with E-state index in [2.05, 4.69) is 18.7 Å². The first-order chi connectivity index (χ1) is 9.93. The second kappa shape index (κ2) is 6.89. The fraction of sp³-hybridized carbons (Fsp3) is 0.667. The van der Waals surface area contributed by atoms with Crippen LogP contribution in [0, 0.1) is 18.2 Å². The van der Waals surface area contributed by atoms with Crippen molar-refractivity contribution in [3.63, 3.8) is 0 Å². The minimum atomic E-state index is -0.153. The molecule has 0 bridgehead atoms. The Morgan fingerprint density at radius 2 is 2.00 bits per heavy atom. The lowest BCUT2D eigenvalue weighted by molar-refractivity contribution is 0.112. The molecule has 0 aromatic heterocycles. The molecule has 1 heterocycles. The molecule has 1 unspecified atom stereocenters. The normalized spacial score (nSPS) is 20.4. The number of likely N-dealkylation sites (tertiary alicyclic amines) is 1. The number of piperidine rings is 1. The lowest BCUT2D eigenvalue weighted by atomic mass is 9.78. The number of halogens is 1. The predicted molar refractivity (Wildman–Crippen MR) is 86.8 cm³/mol. The van der Waals surface area contributed by atoms with Crippen LogP contribution in [0.4, 0.5) is 4.39 Å². The summed E-state index contributed by atoms with van der Waals surface area (Å²) in [5.74, 6) is -0.153. The van der Waals surface area contributed by atoms with Crippen molar-refractivity contribution in [1.29, 1.82) is 0 Å². The summed E-state index contributed by atoms with van der Waals surface area (Å²) in [5.41, 5.74) is 8.34. The van der Waals surface area contributed by atoms with Crippen molar-refractivity contribution in [2.45, 2.75) is 52.5 Å². The first-order valence-corrected chi connectivity index (χ1v) is 8.17. The highest BCUT2D eigenvalue weighted by molar-refractivity contribution is 5.25. The molecule has 0 aliphatic carbocycles. The van der Waals surface area contributed by atoms with Crippen LogP contribution in [-0.2, 0) is 0 Å². The number of benzene rings is 1. The van der Waals surface area contributed by atoms with E-state index in [9.17, 15) is 4.39 Å². The molecule has 1 aliphatic rings. The molecule has 2 nitrogen and oxygen atoms in total. The molecule has 0 amide bonds. The highest BCUT2D eigenvalue weighted by atomic mass is 19.1. The van der Waals surface area contributed by atoms with Gasteiger partial charge in [0, 0.05) is 6.04 Å². The van der Waals surface area contributed by atoms with E-state index in [1.807, 2.05) is 12.1 Å². The molecular formula is C18H29FN2. The molecule has 21 heavy (non-hydrogen) atoms. The minimum absolute atomic E-state index is 0.0698. The zero-order valence-electron chi connectivity index (χ0n) is 13.7. The van der Waals surface area contributed by atoms with Crippen LogP contribution in [-0.4, -0.2) is 24.5 Å². The highest BCUT2D eigenvalue weighted by Gasteiger charge is 2.28. The van der Waals surface area contributed by atoms with Crippen LogP contribution in [0.15, 0.2) is 18.2 Å². The van der Waals surface area contributed by atoms with E-state index < -0.39 is 0 Å². The van der Waals surface area contributed by atoms with Gasteiger partial charge in [-0.25, -0.2) is 4.39 Å². The Bertz CT molecular complexity index is 464. The summed E-state index contributed by atoms with van der Waals surface area (Å²) >= 11 is 0. The zero-order valence-corrected chi connectivity index (χ0v) is 13.7. The quantitative estimate of drug-likeness (QED) is 0.887. The van der Waals surface area contributed by atoms with Gasteiger partial charge in [-0.05, 0) is 68.4 Å². The molecule has 1 aliphatic heterocycles. The monoisotopic (exact) mass is 292 g/mol. The van der Waals surface area contributed by atoms with Gasteiger partial charge in [0.05, 0.1) is 0 Å². The van der Waals surface area contributed by atoms with E-state index in [-0.39, 0.29) is 11.9 Å². The lowest BCUT2D eigenvalue weighted by Gasteiger charge is -2.39. The average molecular weight is 292 g/mol. The van der Waals surface area contributed by atoms with Crippen molar-refractivity contribution >= 4 is 0 Å². The summed E-state index contributed by atoms with van der Waals surface area (Å²) in [6, 6.07) is 5.29. The third-order valence-corrected chi connectivity index (χ3v) is 5.30. The van der Waals surface area contributed by atoms with Gasteiger partial charge in [-0.15, -0.1) is 0 Å². The van der Waals surface area contributed by atoms with E-state index in [1.165, 1.54) is 32.4 Å². The number of nitrogens with two attached hydrogens (primary N) is 1. The average Bonchev–Trinajstić information content (AvgIpc) is 2.49. The second-order valence-corrected chi connectivity index (χ2v) is 6.91. The molecule has 118 valence electrons. The fourth-order valence-electron chi connectivity index (χ4n) is 3.00. The number of rotatable bonds is 5. The maximum Gasteiger partial charge on any atom is 0.126 e. The van der Waals surface area contributed by atoms with Crippen LogP contribution >= 0.6 is 0 Å². The van der Waals surface area contributed by atoms with Gasteiger partial charge >= 0.3 is 0 Å². The second-order valence-electron chi connectivity index (χ2n) is 6.91. The lowest BCUT2D eigenvalue weighted by Crippen LogP contribution is -2.39. The predicted octanol–water partition coefficient (Wildman–Crippen LogP) is 4.04. The Labute approximate surface area is 128 Å². The number of hydrogen-bond donors (Lipinski definition) is 1. The van der Waals surface area contributed by atoms with Gasteiger partial charge in [0.2, 0.25) is 0 Å². The molecule has 1 atom stereocenters. The van der Waals surface area contributed by atoms with Crippen LogP contribution in [0.25, 0.3) is 0 Å². The molecule has 1 aromatic rings. The molecular weight excluding hydrogens is 263 g/mol. The maximum absolute atomic E-state index is 13.6. The Kier molecular flexibility index (Phi) is 5.39. The van der Waals surface area contributed by atoms with E-state index in [1.54, 1.807) is 13.0 Å². The molecule has 2 rings (SSSR count). The van der Waals surface area contributed by atoms with Crippen LogP contribution in [0.3, 0.4) is 0 Å². The number of aryl methyl sites for hydroxylation is 1. The van der Waals surface area contributed by atoms with E-state index in [0.29, 0.717) is 11.0 Å². The highest BCUT2D eigenvalue weighted by Crippen LogP contribution is 2.34. The molecule has 0 saturated carbocycles. The molecule has 1 saturated heterocycles. The smallest absolute Gasteiger partial charge is 0.126 e. The summed E-state index contributed by atoms with van der Waals surface area (Å²) in [6.07, 6.45) is 4.71. The summed E-state index contributed by atoms with van der Waals surface area (Å²) in [6.45, 7) is 9.81. The van der Waals surface area contributed by atoms with Crippen molar-refractivity contribution in [3.05, 3.63) is 35.1 Å². The molecule has 2 N–H and O–H groups in total. The van der Waals surface area contributed by atoms with Crippen molar-refractivity contribution in [3.8, 4) is 0 Å². The number of hydrogen-bond acceptors (Lipinski definition) is 2. The van der Waals surface area contributed by atoms with Crippen LogP contribution in [0.5, 0.6) is 0 Å². The largest absolute Gasteiger partial charge is 0.324 e. The Morgan fingerprint density at radius 1 is 1.33 bits per heavy atom. The molecule has 1 fully saturated rings.